The third-order valence-electron chi connectivity index (χ3n) is 5.29. The van der Waals surface area contributed by atoms with E-state index < -0.39 is 11.4 Å². The van der Waals surface area contributed by atoms with E-state index in [0.717, 1.165) is 5.69 Å². The first kappa shape index (κ1) is 18.0. The fourth-order valence-corrected chi connectivity index (χ4v) is 5.11. The molecule has 2 aliphatic heterocycles. The van der Waals surface area contributed by atoms with Crippen LogP contribution in [0.15, 0.2) is 33.8 Å². The van der Waals surface area contributed by atoms with Crippen molar-refractivity contribution in [3.8, 4) is 6.07 Å². The van der Waals surface area contributed by atoms with Gasteiger partial charge in [-0.1, -0.05) is 23.8 Å². The average Bonchev–Trinajstić information content (AvgIpc) is 3.08. The summed E-state index contributed by atoms with van der Waals surface area (Å²) in [6, 6.07) is 8.25. The number of fused-ring (bicyclic) bond motifs is 1. The number of thioether (sulfide) groups is 1. The maximum atomic E-state index is 14.8. The molecular formula is C19H19FN4O2S. The highest BCUT2D eigenvalue weighted by atomic mass is 32.2. The number of hydrogen-bond donors (Lipinski definition) is 1. The van der Waals surface area contributed by atoms with E-state index >= 15 is 0 Å². The van der Waals surface area contributed by atoms with Gasteiger partial charge in [-0.15, -0.1) is 0 Å². The minimum atomic E-state index is -0.961. The third kappa shape index (κ3) is 3.01. The van der Waals surface area contributed by atoms with Gasteiger partial charge in [0, 0.05) is 22.8 Å². The Morgan fingerprint density at radius 2 is 2.22 bits per heavy atom. The average molecular weight is 386 g/mol. The number of nitriles is 1. The first-order chi connectivity index (χ1) is 12.9. The molecule has 0 radical (unpaired) electrons. The first-order valence-corrected chi connectivity index (χ1v) is 9.58. The van der Waals surface area contributed by atoms with Gasteiger partial charge in [-0.2, -0.15) is 5.26 Å². The van der Waals surface area contributed by atoms with Crippen molar-refractivity contribution in [2.24, 2.45) is 16.6 Å². The Hall–Kier alpha value is -2.37. The SMILES string of the molecule is Cc1cc([C@H]2C[C@H]3[C@@H](C)SC(N)=N[C@@]3(c3cc(C#N)ccc3F)CO2)on1. The lowest BCUT2D eigenvalue weighted by Crippen LogP contribution is -2.51. The molecule has 2 N–H and O–H groups in total. The number of ether oxygens (including phenoxy) is 1. The summed E-state index contributed by atoms with van der Waals surface area (Å²) in [4.78, 5) is 4.66. The Labute approximate surface area is 160 Å². The second-order valence-corrected chi connectivity index (χ2v) is 8.41. The molecule has 0 unspecified atom stereocenters. The molecule has 4 rings (SSSR count). The molecule has 2 aliphatic rings. The molecule has 2 aromatic rings. The number of aromatic nitrogens is 1. The highest BCUT2D eigenvalue weighted by molar-refractivity contribution is 8.14. The highest BCUT2D eigenvalue weighted by Gasteiger charge is 2.52. The Bertz CT molecular complexity index is 953. The zero-order chi connectivity index (χ0) is 19.2. The molecule has 1 aromatic carbocycles. The van der Waals surface area contributed by atoms with Gasteiger partial charge in [0.25, 0.3) is 0 Å². The van der Waals surface area contributed by atoms with E-state index in [4.69, 9.17) is 15.0 Å². The van der Waals surface area contributed by atoms with Crippen LogP contribution in [0.2, 0.25) is 0 Å². The number of nitrogens with two attached hydrogens (primary N) is 1. The van der Waals surface area contributed by atoms with Crippen molar-refractivity contribution >= 4 is 16.9 Å². The van der Waals surface area contributed by atoms with Crippen LogP contribution < -0.4 is 5.73 Å². The van der Waals surface area contributed by atoms with Crippen LogP contribution in [-0.2, 0) is 10.3 Å². The van der Waals surface area contributed by atoms with Crippen molar-refractivity contribution in [3.63, 3.8) is 0 Å². The van der Waals surface area contributed by atoms with Crippen molar-refractivity contribution in [1.29, 1.82) is 5.26 Å². The van der Waals surface area contributed by atoms with Gasteiger partial charge in [0.2, 0.25) is 0 Å². The number of nitrogens with zero attached hydrogens (tertiary/aromatic N) is 3. The van der Waals surface area contributed by atoms with Crippen LogP contribution in [0.1, 0.15) is 42.0 Å². The van der Waals surface area contributed by atoms with Crippen LogP contribution >= 0.6 is 11.8 Å². The zero-order valence-corrected chi connectivity index (χ0v) is 15.8. The molecule has 27 heavy (non-hydrogen) atoms. The number of amidine groups is 1. The lowest BCUT2D eigenvalue weighted by atomic mass is 9.72. The number of halogens is 1. The summed E-state index contributed by atoms with van der Waals surface area (Å²) in [5.74, 6) is 0.210. The van der Waals surface area contributed by atoms with Crippen molar-refractivity contribution in [2.45, 2.75) is 37.2 Å². The van der Waals surface area contributed by atoms with Crippen LogP contribution in [0.4, 0.5) is 4.39 Å². The van der Waals surface area contributed by atoms with Crippen molar-refractivity contribution in [3.05, 3.63) is 52.7 Å². The smallest absolute Gasteiger partial charge is 0.165 e. The van der Waals surface area contributed by atoms with Gasteiger partial charge < -0.3 is 15.0 Å². The standard InChI is InChI=1S/C19H19FN4O2S/c1-10-5-17(26-24-10)16-7-13-11(2)27-18(22)23-19(13,9-25-16)14-6-12(8-21)3-4-15(14)20/h3-6,11,13,16H,7,9H2,1-2H3,(H2,22,23)/t11-,13+,16-,19+/m1/s1. The zero-order valence-electron chi connectivity index (χ0n) is 15.0. The minimum absolute atomic E-state index is 0.0394. The van der Waals surface area contributed by atoms with Crippen molar-refractivity contribution in [1.82, 2.24) is 5.16 Å². The Kier molecular flexibility index (Phi) is 4.44. The number of aryl methyl sites for hydroxylation is 1. The van der Waals surface area contributed by atoms with E-state index in [1.807, 2.05) is 13.0 Å². The summed E-state index contributed by atoms with van der Waals surface area (Å²) in [7, 11) is 0. The van der Waals surface area contributed by atoms with Gasteiger partial charge in [-0.3, -0.25) is 0 Å². The summed E-state index contributed by atoms with van der Waals surface area (Å²) in [6.45, 7) is 4.07. The number of rotatable bonds is 2. The topological polar surface area (TPSA) is 97.4 Å². The predicted molar refractivity (Wildman–Crippen MR) is 99.5 cm³/mol. The summed E-state index contributed by atoms with van der Waals surface area (Å²) in [5.41, 5.74) is 6.63. The molecule has 4 atom stereocenters. The van der Waals surface area contributed by atoms with Gasteiger partial charge in [-0.05, 0) is 31.5 Å². The molecule has 1 aromatic heterocycles. The second-order valence-electron chi connectivity index (χ2n) is 7.02. The molecule has 3 heterocycles. The molecule has 6 nitrogen and oxygen atoms in total. The quantitative estimate of drug-likeness (QED) is 0.849. The van der Waals surface area contributed by atoms with E-state index in [2.05, 4.69) is 23.1 Å². The molecule has 0 spiro atoms. The van der Waals surface area contributed by atoms with E-state index in [1.165, 1.54) is 23.9 Å². The number of hydrogen-bond acceptors (Lipinski definition) is 7. The van der Waals surface area contributed by atoms with Gasteiger partial charge in [0.15, 0.2) is 10.9 Å². The van der Waals surface area contributed by atoms with Gasteiger partial charge >= 0.3 is 0 Å². The molecule has 0 aliphatic carbocycles. The Morgan fingerprint density at radius 1 is 1.41 bits per heavy atom. The molecule has 0 saturated carbocycles. The lowest BCUT2D eigenvalue weighted by molar-refractivity contribution is -0.0744. The third-order valence-corrected chi connectivity index (χ3v) is 6.33. The molecule has 8 heteroatoms. The van der Waals surface area contributed by atoms with Gasteiger partial charge in [0.1, 0.15) is 17.5 Å². The fraction of sp³-hybridized carbons (Fsp3) is 0.421. The second kappa shape index (κ2) is 6.66. The summed E-state index contributed by atoms with van der Waals surface area (Å²) < 4.78 is 26.3. The normalized spacial score (nSPS) is 30.3. The van der Waals surface area contributed by atoms with E-state index in [9.17, 15) is 9.65 Å². The molecule has 0 amide bonds. The van der Waals surface area contributed by atoms with Crippen LogP contribution in [0.3, 0.4) is 0 Å². The monoisotopic (exact) mass is 386 g/mol. The lowest BCUT2D eigenvalue weighted by Gasteiger charge is -2.48. The fourth-order valence-electron chi connectivity index (χ4n) is 4.02. The van der Waals surface area contributed by atoms with Crippen molar-refractivity contribution in [2.75, 3.05) is 6.61 Å². The van der Waals surface area contributed by atoms with Crippen molar-refractivity contribution < 1.29 is 13.7 Å². The molecular weight excluding hydrogens is 367 g/mol. The maximum Gasteiger partial charge on any atom is 0.165 e. The predicted octanol–water partition coefficient (Wildman–Crippen LogP) is 3.42. The van der Waals surface area contributed by atoms with Crippen LogP contribution in [0.25, 0.3) is 0 Å². The minimum Gasteiger partial charge on any atom is -0.379 e. The molecule has 1 fully saturated rings. The Balaban J connectivity index is 1.80. The van der Waals surface area contributed by atoms with E-state index in [0.29, 0.717) is 28.5 Å². The number of aliphatic imine (C=N–C) groups is 1. The highest BCUT2D eigenvalue weighted by Crippen LogP contribution is 2.52. The Morgan fingerprint density at radius 3 is 2.93 bits per heavy atom. The van der Waals surface area contributed by atoms with Crippen LogP contribution in [-0.4, -0.2) is 22.2 Å². The molecule has 140 valence electrons. The first-order valence-electron chi connectivity index (χ1n) is 8.70. The summed E-state index contributed by atoms with van der Waals surface area (Å²) in [5, 5.41) is 13.7. The molecule has 1 saturated heterocycles. The summed E-state index contributed by atoms with van der Waals surface area (Å²) >= 11 is 1.48. The maximum absolute atomic E-state index is 14.8. The van der Waals surface area contributed by atoms with E-state index in [1.54, 1.807) is 6.07 Å². The number of benzene rings is 1. The van der Waals surface area contributed by atoms with Crippen LogP contribution in [0, 0.1) is 30.0 Å². The molecule has 0 bridgehead atoms. The van der Waals surface area contributed by atoms with E-state index in [-0.39, 0.29) is 23.9 Å². The summed E-state index contributed by atoms with van der Waals surface area (Å²) in [6.07, 6.45) is 0.319. The van der Waals surface area contributed by atoms with Crippen LogP contribution in [0.5, 0.6) is 0 Å². The van der Waals surface area contributed by atoms with Gasteiger partial charge in [0.05, 0.1) is 23.9 Å². The largest absolute Gasteiger partial charge is 0.379 e. The van der Waals surface area contributed by atoms with Gasteiger partial charge in [-0.25, -0.2) is 9.38 Å².